The molecule has 1 rings (SSSR count). The fourth-order valence-electron chi connectivity index (χ4n) is 1.96. The van der Waals surface area contributed by atoms with Crippen LogP contribution >= 0.6 is 0 Å². The van der Waals surface area contributed by atoms with Gasteiger partial charge >= 0.3 is 0 Å². The first kappa shape index (κ1) is 14.7. The Morgan fingerprint density at radius 1 is 1.50 bits per heavy atom. The molecule has 0 aliphatic heterocycles. The zero-order valence-electron chi connectivity index (χ0n) is 12.0. The number of nitrogens with one attached hydrogen (secondary N) is 1. The Hall–Kier alpha value is -1.34. The fourth-order valence-corrected chi connectivity index (χ4v) is 1.96. The number of aryl methyl sites for hydroxylation is 2. The van der Waals surface area contributed by atoms with Crippen molar-refractivity contribution in [3.8, 4) is 6.07 Å². The topological polar surface area (TPSA) is 53.6 Å². The Labute approximate surface area is 110 Å². The summed E-state index contributed by atoms with van der Waals surface area (Å²) in [6.07, 6.45) is 4.78. The van der Waals surface area contributed by atoms with Crippen LogP contribution in [0.1, 0.15) is 44.5 Å². The smallest absolute Gasteiger partial charge is 0.103 e. The molecule has 0 aliphatic rings. The normalized spacial score (nSPS) is 14.2. The molecule has 0 aromatic carbocycles. The van der Waals surface area contributed by atoms with Crippen LogP contribution in [0.25, 0.3) is 0 Å². The second-order valence-electron chi connectivity index (χ2n) is 5.08. The van der Waals surface area contributed by atoms with Gasteiger partial charge in [0.15, 0.2) is 0 Å². The second-order valence-corrected chi connectivity index (χ2v) is 5.08. The Bertz CT molecular complexity index is 416. The summed E-state index contributed by atoms with van der Waals surface area (Å²) in [7, 11) is 0. The molecule has 1 aromatic rings. The molecule has 1 unspecified atom stereocenters. The maximum atomic E-state index is 9.24. The molecule has 1 aromatic heterocycles. The maximum absolute atomic E-state index is 9.24. The number of nitrogens with zero attached hydrogens (tertiary/aromatic N) is 3. The molecule has 1 N–H and O–H groups in total. The van der Waals surface area contributed by atoms with Crippen molar-refractivity contribution in [3.05, 3.63) is 17.7 Å². The lowest BCUT2D eigenvalue weighted by atomic mass is 9.97. The molecule has 0 radical (unpaired) electrons. The van der Waals surface area contributed by atoms with Crippen molar-refractivity contribution in [2.24, 2.45) is 0 Å². The van der Waals surface area contributed by atoms with Gasteiger partial charge < -0.3 is 4.57 Å². The third-order valence-corrected chi connectivity index (χ3v) is 3.43. The zero-order chi connectivity index (χ0) is 13.6. The molecule has 0 fully saturated rings. The van der Waals surface area contributed by atoms with Crippen molar-refractivity contribution in [2.75, 3.05) is 6.54 Å². The van der Waals surface area contributed by atoms with E-state index < -0.39 is 5.54 Å². The molecular weight excluding hydrogens is 224 g/mol. The number of hydrogen-bond acceptors (Lipinski definition) is 3. The van der Waals surface area contributed by atoms with E-state index in [1.807, 2.05) is 20.2 Å². The summed E-state index contributed by atoms with van der Waals surface area (Å²) in [5.41, 5.74) is 1.90. The molecular formula is C14H24N4. The first-order valence-electron chi connectivity index (χ1n) is 6.67. The van der Waals surface area contributed by atoms with E-state index in [0.717, 1.165) is 38.0 Å². The summed E-state index contributed by atoms with van der Waals surface area (Å²) in [6.45, 7) is 10.0. The van der Waals surface area contributed by atoms with Crippen molar-refractivity contribution >= 4 is 0 Å². The van der Waals surface area contributed by atoms with Gasteiger partial charge in [-0.1, -0.05) is 6.92 Å². The maximum Gasteiger partial charge on any atom is 0.103 e. The number of imidazole rings is 1. The number of aromatic nitrogens is 2. The van der Waals surface area contributed by atoms with E-state index in [2.05, 4.69) is 34.8 Å². The van der Waals surface area contributed by atoms with E-state index in [4.69, 9.17) is 0 Å². The first-order valence-corrected chi connectivity index (χ1v) is 6.67. The molecule has 1 heterocycles. The van der Waals surface area contributed by atoms with Gasteiger partial charge in [0.05, 0.1) is 18.1 Å². The zero-order valence-corrected chi connectivity index (χ0v) is 12.0. The van der Waals surface area contributed by atoms with Crippen LogP contribution in [-0.4, -0.2) is 21.6 Å². The quantitative estimate of drug-likeness (QED) is 0.807. The van der Waals surface area contributed by atoms with Crippen molar-refractivity contribution in [1.82, 2.24) is 14.9 Å². The van der Waals surface area contributed by atoms with Crippen molar-refractivity contribution in [3.63, 3.8) is 0 Å². The molecule has 100 valence electrons. The predicted molar refractivity (Wildman–Crippen MR) is 73.2 cm³/mol. The average molecular weight is 248 g/mol. The Balaban J connectivity index is 2.45. The first-order chi connectivity index (χ1) is 8.52. The van der Waals surface area contributed by atoms with Crippen LogP contribution in [0.4, 0.5) is 0 Å². The summed E-state index contributed by atoms with van der Waals surface area (Å²) in [6, 6.07) is 2.38. The Morgan fingerprint density at radius 2 is 2.22 bits per heavy atom. The van der Waals surface area contributed by atoms with Gasteiger partial charge in [-0.2, -0.15) is 5.26 Å². The highest BCUT2D eigenvalue weighted by atomic mass is 15.0. The molecule has 18 heavy (non-hydrogen) atoms. The van der Waals surface area contributed by atoms with Crippen LogP contribution in [0.5, 0.6) is 0 Å². The largest absolute Gasteiger partial charge is 0.335 e. The predicted octanol–water partition coefficient (Wildman–Crippen LogP) is 2.56. The standard InChI is InChI=1S/C14H24N4/c1-5-8-17-14(4,10-15)7-6-9-18-11-16-12(2)13(18)3/h11,17H,5-9H2,1-4H3. The highest BCUT2D eigenvalue weighted by molar-refractivity contribution is 5.08. The van der Waals surface area contributed by atoms with Gasteiger partial charge in [0.25, 0.3) is 0 Å². The van der Waals surface area contributed by atoms with Crippen LogP contribution in [0.3, 0.4) is 0 Å². The van der Waals surface area contributed by atoms with Crippen LogP contribution in [-0.2, 0) is 6.54 Å². The monoisotopic (exact) mass is 248 g/mol. The molecule has 0 aliphatic carbocycles. The van der Waals surface area contributed by atoms with E-state index in [0.29, 0.717) is 0 Å². The van der Waals surface area contributed by atoms with Crippen LogP contribution in [0, 0.1) is 25.2 Å². The molecule has 0 amide bonds. The lowest BCUT2D eigenvalue weighted by Crippen LogP contribution is -2.41. The number of nitriles is 1. The third-order valence-electron chi connectivity index (χ3n) is 3.43. The van der Waals surface area contributed by atoms with Gasteiger partial charge in [-0.15, -0.1) is 0 Å². The minimum atomic E-state index is -0.403. The van der Waals surface area contributed by atoms with E-state index >= 15 is 0 Å². The van der Waals surface area contributed by atoms with Crippen molar-refractivity contribution in [1.29, 1.82) is 5.26 Å². The molecule has 1 atom stereocenters. The third kappa shape index (κ3) is 3.85. The van der Waals surface area contributed by atoms with Crippen LogP contribution in [0.2, 0.25) is 0 Å². The fraction of sp³-hybridized carbons (Fsp3) is 0.714. The SMILES string of the molecule is CCCNC(C)(C#N)CCCn1cnc(C)c1C. The van der Waals surface area contributed by atoms with Crippen molar-refractivity contribution in [2.45, 2.75) is 59.0 Å². The van der Waals surface area contributed by atoms with Crippen LogP contribution in [0.15, 0.2) is 6.33 Å². The molecule has 0 saturated heterocycles. The molecule has 0 saturated carbocycles. The van der Waals surface area contributed by atoms with Gasteiger partial charge in [-0.05, 0) is 46.6 Å². The summed E-state index contributed by atoms with van der Waals surface area (Å²) in [5, 5.41) is 12.6. The summed E-state index contributed by atoms with van der Waals surface area (Å²) >= 11 is 0. The molecule has 0 spiro atoms. The molecule has 0 bridgehead atoms. The lowest BCUT2D eigenvalue weighted by molar-refractivity contribution is 0.394. The van der Waals surface area contributed by atoms with Gasteiger partial charge in [-0.25, -0.2) is 4.98 Å². The molecule has 4 nitrogen and oxygen atoms in total. The van der Waals surface area contributed by atoms with E-state index in [1.54, 1.807) is 0 Å². The minimum Gasteiger partial charge on any atom is -0.335 e. The van der Waals surface area contributed by atoms with Gasteiger partial charge in [-0.3, -0.25) is 5.32 Å². The van der Waals surface area contributed by atoms with Crippen molar-refractivity contribution < 1.29 is 0 Å². The van der Waals surface area contributed by atoms with E-state index in [-0.39, 0.29) is 0 Å². The molecule has 4 heteroatoms. The summed E-state index contributed by atoms with van der Waals surface area (Å²) in [5.74, 6) is 0. The summed E-state index contributed by atoms with van der Waals surface area (Å²) < 4.78 is 2.16. The Kier molecular flexibility index (Phi) is 5.36. The van der Waals surface area contributed by atoms with Gasteiger partial charge in [0, 0.05) is 12.2 Å². The van der Waals surface area contributed by atoms with E-state index in [9.17, 15) is 5.26 Å². The van der Waals surface area contributed by atoms with Gasteiger partial charge in [0.1, 0.15) is 5.54 Å². The Morgan fingerprint density at radius 3 is 2.72 bits per heavy atom. The number of hydrogen-bond donors (Lipinski definition) is 1. The average Bonchev–Trinajstić information content (AvgIpc) is 2.68. The number of rotatable bonds is 7. The highest BCUT2D eigenvalue weighted by Crippen LogP contribution is 2.13. The van der Waals surface area contributed by atoms with Gasteiger partial charge in [0.2, 0.25) is 0 Å². The lowest BCUT2D eigenvalue weighted by Gasteiger charge is -2.23. The summed E-state index contributed by atoms with van der Waals surface area (Å²) in [4.78, 5) is 4.28. The van der Waals surface area contributed by atoms with Crippen LogP contribution < -0.4 is 5.32 Å². The highest BCUT2D eigenvalue weighted by Gasteiger charge is 2.21. The van der Waals surface area contributed by atoms with E-state index in [1.165, 1.54) is 5.69 Å². The second kappa shape index (κ2) is 6.55. The minimum absolute atomic E-state index is 0.403.